The Kier molecular flexibility index (Phi) is 4.43. The molecule has 3 aromatic rings. The number of thiophene rings is 1. The van der Waals surface area contributed by atoms with Gasteiger partial charge in [-0.15, -0.1) is 11.3 Å². The molecule has 0 atom stereocenters. The second kappa shape index (κ2) is 6.67. The molecule has 0 spiro atoms. The van der Waals surface area contributed by atoms with Gasteiger partial charge in [-0.2, -0.15) is 9.97 Å². The van der Waals surface area contributed by atoms with Crippen LogP contribution in [0.3, 0.4) is 0 Å². The first-order valence-corrected chi connectivity index (χ1v) is 7.89. The Morgan fingerprint density at radius 3 is 2.25 bits per heavy atom. The van der Waals surface area contributed by atoms with Crippen molar-refractivity contribution in [2.24, 2.45) is 0 Å². The maximum absolute atomic E-state index is 11.9. The van der Waals surface area contributed by atoms with Gasteiger partial charge in [0.25, 0.3) is 0 Å². The monoisotopic (exact) mass is 342 g/mol. The molecule has 3 rings (SSSR count). The second-order valence-corrected chi connectivity index (χ2v) is 5.73. The summed E-state index contributed by atoms with van der Waals surface area (Å²) in [6.45, 7) is 0. The van der Waals surface area contributed by atoms with E-state index in [0.29, 0.717) is 22.9 Å². The van der Waals surface area contributed by atoms with Gasteiger partial charge in [0, 0.05) is 16.0 Å². The van der Waals surface area contributed by atoms with E-state index in [2.05, 4.69) is 9.97 Å². The van der Waals surface area contributed by atoms with Crippen LogP contribution in [0.25, 0.3) is 21.8 Å². The zero-order valence-electron chi connectivity index (χ0n) is 13.0. The van der Waals surface area contributed by atoms with Crippen LogP contribution in [0.15, 0.2) is 41.8 Å². The molecule has 122 valence electrons. The summed E-state index contributed by atoms with van der Waals surface area (Å²) in [4.78, 5) is 21.3. The van der Waals surface area contributed by atoms with Gasteiger partial charge in [-0.25, -0.2) is 4.79 Å². The highest BCUT2D eigenvalue weighted by molar-refractivity contribution is 7.13. The fourth-order valence-corrected chi connectivity index (χ4v) is 3.10. The minimum absolute atomic E-state index is 0.148. The number of carbonyl (C=O) groups is 1. The Bertz CT molecular complexity index is 856. The molecule has 0 unspecified atom stereocenters. The first-order chi connectivity index (χ1) is 11.6. The van der Waals surface area contributed by atoms with E-state index < -0.39 is 5.97 Å². The molecule has 1 N–H and O–H groups in total. The molecule has 0 aliphatic rings. The van der Waals surface area contributed by atoms with Crippen molar-refractivity contribution in [1.82, 2.24) is 9.97 Å². The number of aromatic carboxylic acids is 1. The summed E-state index contributed by atoms with van der Waals surface area (Å²) in [5.74, 6) is -0.203. The molecule has 0 saturated heterocycles. The zero-order valence-corrected chi connectivity index (χ0v) is 13.8. The average Bonchev–Trinajstić information content (AvgIpc) is 3.14. The fraction of sp³-hybridized carbons (Fsp3) is 0.118. The van der Waals surface area contributed by atoms with Crippen LogP contribution in [-0.2, 0) is 0 Å². The molecule has 0 saturated carbocycles. The molecule has 2 aromatic heterocycles. The van der Waals surface area contributed by atoms with Crippen molar-refractivity contribution in [2.45, 2.75) is 0 Å². The molecule has 0 bridgehead atoms. The molecule has 0 aliphatic carbocycles. The standard InChI is InChI=1S/C17H14N2O4S/c1-22-13-9-14(23-2)19-16(18-13)11-6-3-5-10(15(11)17(20)21)12-7-4-8-24-12/h3-9H,1-2H3,(H,20,21). The molecule has 7 heteroatoms. The zero-order chi connectivity index (χ0) is 17.1. The lowest BCUT2D eigenvalue weighted by Crippen LogP contribution is -2.05. The predicted molar refractivity (Wildman–Crippen MR) is 90.8 cm³/mol. The van der Waals surface area contributed by atoms with Gasteiger partial charge >= 0.3 is 5.97 Å². The van der Waals surface area contributed by atoms with Crippen molar-refractivity contribution in [3.63, 3.8) is 0 Å². The summed E-state index contributed by atoms with van der Waals surface area (Å²) in [5.41, 5.74) is 1.18. The minimum atomic E-state index is -1.04. The van der Waals surface area contributed by atoms with E-state index >= 15 is 0 Å². The van der Waals surface area contributed by atoms with Crippen molar-refractivity contribution in [3.05, 3.63) is 47.3 Å². The summed E-state index contributed by atoms with van der Waals surface area (Å²) in [7, 11) is 2.96. The minimum Gasteiger partial charge on any atom is -0.481 e. The summed E-state index contributed by atoms with van der Waals surface area (Å²) >= 11 is 1.47. The topological polar surface area (TPSA) is 81.5 Å². The highest BCUT2D eigenvalue weighted by atomic mass is 32.1. The number of hydrogen-bond donors (Lipinski definition) is 1. The molecule has 0 radical (unpaired) electrons. The number of benzene rings is 1. The summed E-state index contributed by atoms with van der Waals surface area (Å²) in [6, 6.07) is 10.5. The highest BCUT2D eigenvalue weighted by Gasteiger charge is 2.21. The third-order valence-electron chi connectivity index (χ3n) is 3.40. The van der Waals surface area contributed by atoms with E-state index in [1.54, 1.807) is 18.2 Å². The Hall–Kier alpha value is -2.93. The number of aromatic nitrogens is 2. The maximum Gasteiger partial charge on any atom is 0.337 e. The lowest BCUT2D eigenvalue weighted by atomic mass is 9.99. The van der Waals surface area contributed by atoms with Crippen molar-refractivity contribution in [3.8, 4) is 33.6 Å². The molecule has 24 heavy (non-hydrogen) atoms. The molecule has 6 nitrogen and oxygen atoms in total. The van der Waals surface area contributed by atoms with Crippen molar-refractivity contribution < 1.29 is 19.4 Å². The van der Waals surface area contributed by atoms with Gasteiger partial charge in [0.05, 0.1) is 25.8 Å². The van der Waals surface area contributed by atoms with Gasteiger partial charge in [0.2, 0.25) is 11.8 Å². The van der Waals surface area contributed by atoms with Crippen LogP contribution in [0, 0.1) is 0 Å². The summed E-state index contributed by atoms with van der Waals surface area (Å²) < 4.78 is 10.3. The van der Waals surface area contributed by atoms with E-state index in [4.69, 9.17) is 9.47 Å². The lowest BCUT2D eigenvalue weighted by Gasteiger charge is -2.11. The van der Waals surface area contributed by atoms with E-state index in [0.717, 1.165) is 4.88 Å². The summed E-state index contributed by atoms with van der Waals surface area (Å²) in [5, 5.41) is 11.6. The van der Waals surface area contributed by atoms with Gasteiger partial charge < -0.3 is 14.6 Å². The van der Waals surface area contributed by atoms with Gasteiger partial charge in [0.15, 0.2) is 5.82 Å². The Labute approximate surface area is 142 Å². The van der Waals surface area contributed by atoms with Crippen LogP contribution in [0.1, 0.15) is 10.4 Å². The van der Waals surface area contributed by atoms with Gasteiger partial charge in [0.1, 0.15) is 0 Å². The normalized spacial score (nSPS) is 10.4. The number of carboxylic acid groups (broad SMARTS) is 1. The number of carboxylic acids is 1. The first-order valence-electron chi connectivity index (χ1n) is 7.01. The smallest absolute Gasteiger partial charge is 0.337 e. The highest BCUT2D eigenvalue weighted by Crippen LogP contribution is 2.34. The number of ether oxygens (including phenoxy) is 2. The van der Waals surface area contributed by atoms with Crippen molar-refractivity contribution in [2.75, 3.05) is 14.2 Å². The van der Waals surface area contributed by atoms with Crippen LogP contribution in [-0.4, -0.2) is 35.3 Å². The largest absolute Gasteiger partial charge is 0.481 e. The third kappa shape index (κ3) is 2.93. The van der Waals surface area contributed by atoms with Gasteiger partial charge in [-0.1, -0.05) is 24.3 Å². The first kappa shape index (κ1) is 15.9. The number of rotatable bonds is 5. The number of nitrogens with zero attached hydrogens (tertiary/aromatic N) is 2. The number of methoxy groups -OCH3 is 2. The van der Waals surface area contributed by atoms with Crippen LogP contribution < -0.4 is 9.47 Å². The van der Waals surface area contributed by atoms with Gasteiger partial charge in [-0.3, -0.25) is 0 Å². The SMILES string of the molecule is COc1cc(OC)nc(-c2cccc(-c3cccs3)c2C(=O)O)n1. The van der Waals surface area contributed by atoms with Crippen LogP contribution in [0.2, 0.25) is 0 Å². The molecule has 0 amide bonds. The van der Waals surface area contributed by atoms with E-state index in [1.807, 2.05) is 17.5 Å². The van der Waals surface area contributed by atoms with Crippen molar-refractivity contribution in [1.29, 1.82) is 0 Å². The quantitative estimate of drug-likeness (QED) is 0.763. The van der Waals surface area contributed by atoms with Crippen LogP contribution in [0.4, 0.5) is 0 Å². The van der Waals surface area contributed by atoms with E-state index in [9.17, 15) is 9.90 Å². The van der Waals surface area contributed by atoms with Gasteiger partial charge in [-0.05, 0) is 11.4 Å². The molecule has 2 heterocycles. The molecular formula is C17H14N2O4S. The van der Waals surface area contributed by atoms with E-state index in [1.165, 1.54) is 31.6 Å². The Morgan fingerprint density at radius 2 is 1.71 bits per heavy atom. The fourth-order valence-electron chi connectivity index (χ4n) is 2.34. The molecule has 1 aromatic carbocycles. The molecule has 0 aliphatic heterocycles. The third-order valence-corrected chi connectivity index (χ3v) is 4.31. The van der Waals surface area contributed by atoms with Crippen LogP contribution in [0.5, 0.6) is 11.8 Å². The second-order valence-electron chi connectivity index (χ2n) is 4.79. The Balaban J connectivity index is 2.25. The maximum atomic E-state index is 11.9. The molecule has 0 fully saturated rings. The Morgan fingerprint density at radius 1 is 1.04 bits per heavy atom. The predicted octanol–water partition coefficient (Wildman–Crippen LogP) is 3.59. The average molecular weight is 342 g/mol. The summed E-state index contributed by atoms with van der Waals surface area (Å²) in [6.07, 6.45) is 0. The number of hydrogen-bond acceptors (Lipinski definition) is 6. The molecular weight excluding hydrogens is 328 g/mol. The lowest BCUT2D eigenvalue weighted by molar-refractivity contribution is 0.0698. The van der Waals surface area contributed by atoms with Crippen molar-refractivity contribution >= 4 is 17.3 Å². The van der Waals surface area contributed by atoms with Crippen LogP contribution >= 0.6 is 11.3 Å². The van der Waals surface area contributed by atoms with E-state index in [-0.39, 0.29) is 11.4 Å².